The summed E-state index contributed by atoms with van der Waals surface area (Å²) >= 11 is 0. The Labute approximate surface area is 185 Å². The zero-order valence-electron chi connectivity index (χ0n) is 16.5. The first-order chi connectivity index (χ1) is 13.1. The Balaban J connectivity index is 0.00000192. The average molecular weight is 442 g/mol. The topological polar surface area (TPSA) is 13.1 Å². The molecule has 1 aliphatic rings. The predicted molar refractivity (Wildman–Crippen MR) is 114 cm³/mol. The van der Waals surface area contributed by atoms with E-state index in [-0.39, 0.29) is 26.2 Å². The Kier molecular flexibility index (Phi) is 5.02. The molecule has 0 radical (unpaired) electrons. The third-order valence-corrected chi connectivity index (χ3v) is 5.79. The molecule has 0 spiro atoms. The van der Waals surface area contributed by atoms with Crippen molar-refractivity contribution >= 4 is 22.4 Å². The van der Waals surface area contributed by atoms with E-state index in [0.717, 1.165) is 17.9 Å². The van der Waals surface area contributed by atoms with Gasteiger partial charge in [-0.25, -0.2) is 0 Å². The molecule has 136 valence electrons. The molecule has 1 aromatic heterocycles. The van der Waals surface area contributed by atoms with Crippen LogP contribution in [0.15, 0.2) is 65.1 Å². The maximum absolute atomic E-state index is 5.91. The molecule has 1 nitrogen and oxygen atoms in total. The molecule has 0 N–H and O–H groups in total. The maximum Gasteiger partial charge on any atom is 0.130 e. The minimum absolute atomic E-state index is 0. The van der Waals surface area contributed by atoms with E-state index >= 15 is 0 Å². The molecule has 0 saturated carbocycles. The van der Waals surface area contributed by atoms with Crippen molar-refractivity contribution in [2.45, 2.75) is 27.2 Å². The minimum Gasteiger partial charge on any atom is -0.462 e. The molecule has 1 heterocycles. The van der Waals surface area contributed by atoms with Crippen molar-refractivity contribution in [2.24, 2.45) is 0 Å². The van der Waals surface area contributed by atoms with Crippen LogP contribution in [0, 0.1) is 20.8 Å². The number of rotatable bonds is 2. The van der Waals surface area contributed by atoms with Crippen molar-refractivity contribution in [1.82, 2.24) is 0 Å². The van der Waals surface area contributed by atoms with E-state index < -0.39 is 0 Å². The van der Waals surface area contributed by atoms with E-state index in [9.17, 15) is 0 Å². The number of benzene rings is 3. The van der Waals surface area contributed by atoms with Crippen LogP contribution in [0.4, 0.5) is 0 Å². The molecule has 0 saturated heterocycles. The molecule has 0 aliphatic heterocycles. The third-order valence-electron chi connectivity index (χ3n) is 5.79. The zero-order chi connectivity index (χ0) is 18.5. The molecule has 1 aliphatic carbocycles. The molecule has 2 heteroatoms. The number of hydrogen-bond acceptors (Lipinski definition) is 1. The average Bonchev–Trinajstić information content (AvgIpc) is 3.28. The SMILES string of the molecule is Cc1ccc(C2=Cc3c(cc(C)c(C)c3-c3cccc4ccccc34)C2)o1.[Zr]. The van der Waals surface area contributed by atoms with E-state index in [1.807, 2.05) is 13.0 Å². The Morgan fingerprint density at radius 2 is 1.64 bits per heavy atom. The first-order valence-electron chi connectivity index (χ1n) is 9.50. The number of aryl methyl sites for hydroxylation is 2. The first kappa shape index (κ1) is 19.2. The van der Waals surface area contributed by atoms with Crippen LogP contribution < -0.4 is 0 Å². The van der Waals surface area contributed by atoms with Gasteiger partial charge >= 0.3 is 0 Å². The van der Waals surface area contributed by atoms with Gasteiger partial charge in [0.15, 0.2) is 0 Å². The smallest absolute Gasteiger partial charge is 0.130 e. The minimum atomic E-state index is 0. The molecule has 3 aromatic carbocycles. The van der Waals surface area contributed by atoms with Crippen molar-refractivity contribution in [3.8, 4) is 11.1 Å². The fraction of sp³-hybridized carbons (Fsp3) is 0.154. The Bertz CT molecular complexity index is 1220. The van der Waals surface area contributed by atoms with E-state index in [0.29, 0.717) is 0 Å². The number of allylic oxidation sites excluding steroid dienone is 1. The summed E-state index contributed by atoms with van der Waals surface area (Å²) in [6.07, 6.45) is 3.26. The summed E-state index contributed by atoms with van der Waals surface area (Å²) in [5.74, 6) is 1.95. The molecule has 28 heavy (non-hydrogen) atoms. The van der Waals surface area contributed by atoms with Crippen molar-refractivity contribution < 1.29 is 30.6 Å². The van der Waals surface area contributed by atoms with Gasteiger partial charge in [0.1, 0.15) is 11.5 Å². The van der Waals surface area contributed by atoms with Crippen LogP contribution in [0.2, 0.25) is 0 Å². The quantitative estimate of drug-likeness (QED) is 0.323. The van der Waals surface area contributed by atoms with Crippen LogP contribution in [0.3, 0.4) is 0 Å². The van der Waals surface area contributed by atoms with Crippen molar-refractivity contribution in [1.29, 1.82) is 0 Å². The molecular formula is C26H22OZr. The predicted octanol–water partition coefficient (Wildman–Crippen LogP) is 7.12. The van der Waals surface area contributed by atoms with Crippen LogP contribution in [0.1, 0.15) is 33.8 Å². The Hall–Kier alpha value is -2.18. The summed E-state index contributed by atoms with van der Waals surface area (Å²) in [6.45, 7) is 6.47. The van der Waals surface area contributed by atoms with Gasteiger partial charge in [0.25, 0.3) is 0 Å². The van der Waals surface area contributed by atoms with E-state index in [2.05, 4.69) is 74.5 Å². The van der Waals surface area contributed by atoms with E-state index in [1.54, 1.807) is 0 Å². The Morgan fingerprint density at radius 1 is 0.857 bits per heavy atom. The molecule has 5 rings (SSSR count). The molecule has 0 atom stereocenters. The molecule has 4 aromatic rings. The molecule has 0 amide bonds. The van der Waals surface area contributed by atoms with Gasteiger partial charge in [-0.05, 0) is 88.7 Å². The normalized spacial score (nSPS) is 12.6. The van der Waals surface area contributed by atoms with Crippen molar-refractivity contribution in [3.05, 3.63) is 94.4 Å². The molecular weight excluding hydrogens is 420 g/mol. The Morgan fingerprint density at radius 3 is 2.43 bits per heavy atom. The van der Waals surface area contributed by atoms with Gasteiger partial charge < -0.3 is 4.42 Å². The van der Waals surface area contributed by atoms with Crippen LogP contribution in [-0.2, 0) is 32.6 Å². The second-order valence-corrected chi connectivity index (χ2v) is 7.55. The van der Waals surface area contributed by atoms with Gasteiger partial charge in [-0.2, -0.15) is 0 Å². The summed E-state index contributed by atoms with van der Waals surface area (Å²) in [6, 6.07) is 21.8. The summed E-state index contributed by atoms with van der Waals surface area (Å²) in [4.78, 5) is 0. The van der Waals surface area contributed by atoms with Crippen molar-refractivity contribution in [3.63, 3.8) is 0 Å². The molecule has 0 bridgehead atoms. The summed E-state index contributed by atoms with van der Waals surface area (Å²) in [5, 5.41) is 2.60. The zero-order valence-corrected chi connectivity index (χ0v) is 18.9. The van der Waals surface area contributed by atoms with Crippen LogP contribution in [-0.4, -0.2) is 0 Å². The van der Waals surface area contributed by atoms with Crippen LogP contribution >= 0.6 is 0 Å². The van der Waals surface area contributed by atoms with Crippen LogP contribution in [0.5, 0.6) is 0 Å². The van der Waals surface area contributed by atoms with E-state index in [4.69, 9.17) is 4.42 Å². The van der Waals surface area contributed by atoms with Gasteiger partial charge in [-0.15, -0.1) is 0 Å². The molecule has 0 unspecified atom stereocenters. The summed E-state index contributed by atoms with van der Waals surface area (Å²) < 4.78 is 5.91. The third kappa shape index (κ3) is 3.05. The fourth-order valence-corrected chi connectivity index (χ4v) is 4.30. The van der Waals surface area contributed by atoms with E-state index in [1.165, 1.54) is 49.7 Å². The summed E-state index contributed by atoms with van der Waals surface area (Å²) in [5.41, 5.74) is 9.40. The second kappa shape index (κ2) is 7.34. The second-order valence-electron chi connectivity index (χ2n) is 7.55. The first-order valence-corrected chi connectivity index (χ1v) is 9.50. The standard InChI is InChI=1S/C26H22O.Zr/c1-16-13-20-14-21(25-12-11-17(2)27-25)15-24(20)26(18(16)3)23-10-6-8-19-7-4-5-9-22(19)23;/h4-13,15H,14H2,1-3H3;. The monoisotopic (exact) mass is 440 g/mol. The van der Waals surface area contributed by atoms with Gasteiger partial charge in [0.2, 0.25) is 0 Å². The fourth-order valence-electron chi connectivity index (χ4n) is 4.30. The molecule has 0 fully saturated rings. The van der Waals surface area contributed by atoms with Gasteiger partial charge in [-0.1, -0.05) is 48.5 Å². The number of furan rings is 1. The maximum atomic E-state index is 5.91. The summed E-state index contributed by atoms with van der Waals surface area (Å²) in [7, 11) is 0. The number of fused-ring (bicyclic) bond motifs is 2. The van der Waals surface area contributed by atoms with Gasteiger partial charge in [0, 0.05) is 32.6 Å². The van der Waals surface area contributed by atoms with Crippen molar-refractivity contribution in [2.75, 3.05) is 0 Å². The number of hydrogen-bond donors (Lipinski definition) is 0. The van der Waals surface area contributed by atoms with Gasteiger partial charge in [0.05, 0.1) is 0 Å². The van der Waals surface area contributed by atoms with Gasteiger partial charge in [-0.3, -0.25) is 0 Å². The van der Waals surface area contributed by atoms with Crippen LogP contribution in [0.25, 0.3) is 33.5 Å². The largest absolute Gasteiger partial charge is 0.462 e.